The summed E-state index contributed by atoms with van der Waals surface area (Å²) in [4.78, 5) is 16.0. The number of ether oxygens (including phenoxy) is 2. The van der Waals surface area contributed by atoms with Gasteiger partial charge in [0.15, 0.2) is 0 Å². The highest BCUT2D eigenvalue weighted by Gasteiger charge is 2.22. The van der Waals surface area contributed by atoms with E-state index in [4.69, 9.17) is 9.47 Å². The minimum Gasteiger partial charge on any atom is -0.444 e. The minimum atomic E-state index is -0.498. The maximum absolute atomic E-state index is 11.8. The lowest BCUT2D eigenvalue weighted by atomic mass is 10.2. The molecule has 21 heavy (non-hydrogen) atoms. The number of aromatic nitrogens is 2. The van der Waals surface area contributed by atoms with Gasteiger partial charge in [0, 0.05) is 6.61 Å². The van der Waals surface area contributed by atoms with E-state index in [0.717, 1.165) is 31.7 Å². The zero-order chi connectivity index (χ0) is 15.5. The molecule has 2 atom stereocenters. The van der Waals surface area contributed by atoms with Crippen molar-refractivity contribution in [2.24, 2.45) is 0 Å². The predicted molar refractivity (Wildman–Crippen MR) is 79.0 cm³/mol. The third kappa shape index (κ3) is 4.74. The van der Waals surface area contributed by atoms with Crippen LogP contribution in [0.2, 0.25) is 0 Å². The summed E-state index contributed by atoms with van der Waals surface area (Å²) in [5.74, 6) is 0. The van der Waals surface area contributed by atoms with Gasteiger partial charge in [-0.05, 0) is 40.5 Å². The molecule has 1 aliphatic heterocycles. The maximum atomic E-state index is 11.8. The van der Waals surface area contributed by atoms with E-state index in [0.29, 0.717) is 0 Å². The number of alkyl carbamates (subject to hydrolysis) is 1. The Bertz CT molecular complexity index is 473. The van der Waals surface area contributed by atoms with Crippen LogP contribution in [0.4, 0.5) is 4.79 Å². The first-order valence-corrected chi connectivity index (χ1v) is 7.46. The van der Waals surface area contributed by atoms with E-state index in [9.17, 15) is 4.79 Å². The van der Waals surface area contributed by atoms with Crippen molar-refractivity contribution in [3.8, 4) is 0 Å². The van der Waals surface area contributed by atoms with E-state index in [2.05, 4.69) is 10.3 Å². The molecule has 1 unspecified atom stereocenters. The molecule has 0 aromatic carbocycles. The second-order valence-corrected chi connectivity index (χ2v) is 6.47. The molecule has 1 aromatic rings. The molecule has 1 aromatic heterocycles. The van der Waals surface area contributed by atoms with E-state index in [1.807, 2.05) is 32.3 Å². The Kier molecular flexibility index (Phi) is 4.88. The fraction of sp³-hybridized carbons (Fsp3) is 0.733. The van der Waals surface area contributed by atoms with Gasteiger partial charge in [-0.25, -0.2) is 9.78 Å². The van der Waals surface area contributed by atoms with Crippen molar-refractivity contribution in [2.75, 3.05) is 6.61 Å². The average Bonchev–Trinajstić information content (AvgIpc) is 2.97. The zero-order valence-corrected chi connectivity index (χ0v) is 13.3. The number of hydrogen-bond acceptors (Lipinski definition) is 4. The van der Waals surface area contributed by atoms with E-state index in [-0.39, 0.29) is 12.1 Å². The highest BCUT2D eigenvalue weighted by molar-refractivity contribution is 5.68. The molecule has 1 amide bonds. The molecule has 2 rings (SSSR count). The number of hydrogen-bond donors (Lipinski definition) is 1. The maximum Gasteiger partial charge on any atom is 0.408 e. The van der Waals surface area contributed by atoms with Crippen molar-refractivity contribution < 1.29 is 14.3 Å². The van der Waals surface area contributed by atoms with Crippen molar-refractivity contribution in [3.05, 3.63) is 18.2 Å². The molecule has 6 nitrogen and oxygen atoms in total. The molecule has 1 fully saturated rings. The summed E-state index contributed by atoms with van der Waals surface area (Å²) in [5, 5.41) is 2.84. The Balaban J connectivity index is 1.94. The van der Waals surface area contributed by atoms with Crippen molar-refractivity contribution in [1.82, 2.24) is 14.9 Å². The Morgan fingerprint density at radius 1 is 1.62 bits per heavy atom. The van der Waals surface area contributed by atoms with Crippen LogP contribution in [-0.2, 0) is 16.0 Å². The normalized spacial score (nSPS) is 20.3. The van der Waals surface area contributed by atoms with Crippen molar-refractivity contribution in [3.63, 3.8) is 0 Å². The molecule has 1 aliphatic rings. The lowest BCUT2D eigenvalue weighted by molar-refractivity contribution is 0.0505. The average molecular weight is 295 g/mol. The van der Waals surface area contributed by atoms with Crippen molar-refractivity contribution in [1.29, 1.82) is 0 Å². The summed E-state index contributed by atoms with van der Waals surface area (Å²) < 4.78 is 13.0. The third-order valence-electron chi connectivity index (χ3n) is 3.35. The molecular weight excluding hydrogens is 270 g/mol. The minimum absolute atomic E-state index is 0.163. The number of carbonyl (C=O) groups is 1. The van der Waals surface area contributed by atoms with Gasteiger partial charge in [0.1, 0.15) is 5.60 Å². The van der Waals surface area contributed by atoms with Crippen molar-refractivity contribution >= 4 is 6.09 Å². The van der Waals surface area contributed by atoms with E-state index in [1.54, 1.807) is 12.5 Å². The highest BCUT2D eigenvalue weighted by atomic mass is 16.6. The summed E-state index contributed by atoms with van der Waals surface area (Å²) in [6.07, 6.45) is 5.57. The number of carbonyl (C=O) groups excluding carboxylic acids is 1. The van der Waals surface area contributed by atoms with Gasteiger partial charge in [0.2, 0.25) is 0 Å². The van der Waals surface area contributed by atoms with Gasteiger partial charge in [-0.3, -0.25) is 0 Å². The molecule has 1 saturated heterocycles. The molecule has 1 N–H and O–H groups in total. The third-order valence-corrected chi connectivity index (χ3v) is 3.35. The van der Waals surface area contributed by atoms with Gasteiger partial charge in [-0.15, -0.1) is 0 Å². The summed E-state index contributed by atoms with van der Waals surface area (Å²) >= 11 is 0. The highest BCUT2D eigenvalue weighted by Crippen LogP contribution is 2.18. The van der Waals surface area contributed by atoms with Gasteiger partial charge in [0.25, 0.3) is 0 Å². The molecule has 6 heteroatoms. The van der Waals surface area contributed by atoms with Gasteiger partial charge < -0.3 is 19.4 Å². The fourth-order valence-electron chi connectivity index (χ4n) is 2.41. The molecule has 0 bridgehead atoms. The largest absolute Gasteiger partial charge is 0.444 e. The van der Waals surface area contributed by atoms with Crippen LogP contribution in [0.5, 0.6) is 0 Å². The second kappa shape index (κ2) is 6.47. The smallest absolute Gasteiger partial charge is 0.408 e. The summed E-state index contributed by atoms with van der Waals surface area (Å²) in [6.45, 7) is 9.07. The quantitative estimate of drug-likeness (QED) is 0.927. The molecule has 0 saturated carbocycles. The Labute approximate surface area is 125 Å². The van der Waals surface area contributed by atoms with Crippen molar-refractivity contribution in [2.45, 2.75) is 64.8 Å². The number of nitrogens with one attached hydrogen (secondary N) is 1. The first-order chi connectivity index (χ1) is 9.85. The monoisotopic (exact) mass is 295 g/mol. The summed E-state index contributed by atoms with van der Waals surface area (Å²) in [6, 6.07) is -0.163. The lowest BCUT2D eigenvalue weighted by Gasteiger charge is -2.23. The van der Waals surface area contributed by atoms with Crippen LogP contribution in [0, 0.1) is 0 Å². The summed E-state index contributed by atoms with van der Waals surface area (Å²) in [7, 11) is 0. The number of imidazole rings is 1. The fourth-order valence-corrected chi connectivity index (χ4v) is 2.41. The topological polar surface area (TPSA) is 65.4 Å². The Morgan fingerprint density at radius 2 is 2.38 bits per heavy atom. The molecule has 118 valence electrons. The van der Waals surface area contributed by atoms with Crippen LogP contribution in [0.1, 0.15) is 52.3 Å². The second-order valence-electron chi connectivity index (χ2n) is 6.47. The molecule has 0 spiro atoms. The molecular formula is C15H25N3O3. The first-order valence-electron chi connectivity index (χ1n) is 7.46. The Hall–Kier alpha value is -1.56. The summed E-state index contributed by atoms with van der Waals surface area (Å²) in [5.41, 5.74) is 0.457. The van der Waals surface area contributed by atoms with Crippen LogP contribution < -0.4 is 5.32 Å². The van der Waals surface area contributed by atoms with Crippen LogP contribution in [0.3, 0.4) is 0 Å². The van der Waals surface area contributed by atoms with Crippen LogP contribution >= 0.6 is 0 Å². The van der Waals surface area contributed by atoms with Crippen LogP contribution in [0.15, 0.2) is 12.5 Å². The lowest BCUT2D eigenvalue weighted by Crippen LogP contribution is -2.34. The van der Waals surface area contributed by atoms with E-state index < -0.39 is 11.7 Å². The van der Waals surface area contributed by atoms with Crippen LogP contribution in [-0.4, -0.2) is 34.0 Å². The standard InChI is InChI=1S/C15H25N3O3/c1-11(17-14(19)21-15(2,3)4)13-8-16-10-18(13)9-12-6-5-7-20-12/h8,10-12H,5-7,9H2,1-4H3,(H,17,19)/t11-,12?/m0/s1. The Morgan fingerprint density at radius 3 is 3.00 bits per heavy atom. The molecule has 0 radical (unpaired) electrons. The van der Waals surface area contributed by atoms with Crippen LogP contribution in [0.25, 0.3) is 0 Å². The zero-order valence-electron chi connectivity index (χ0n) is 13.3. The van der Waals surface area contributed by atoms with E-state index in [1.165, 1.54) is 0 Å². The number of amides is 1. The number of rotatable bonds is 4. The van der Waals surface area contributed by atoms with Gasteiger partial charge in [-0.2, -0.15) is 0 Å². The van der Waals surface area contributed by atoms with Gasteiger partial charge in [0.05, 0.1) is 36.9 Å². The predicted octanol–water partition coefficient (Wildman–Crippen LogP) is 2.65. The van der Waals surface area contributed by atoms with Gasteiger partial charge in [-0.1, -0.05) is 0 Å². The molecule has 2 heterocycles. The SMILES string of the molecule is C[C@H](NC(=O)OC(C)(C)C)c1cncn1CC1CCCO1. The number of nitrogens with zero attached hydrogens (tertiary/aromatic N) is 2. The first kappa shape index (κ1) is 15.8. The van der Waals surface area contributed by atoms with Gasteiger partial charge >= 0.3 is 6.09 Å². The molecule has 0 aliphatic carbocycles. The van der Waals surface area contributed by atoms with E-state index >= 15 is 0 Å².